The quantitative estimate of drug-likeness (QED) is 0.721. The van der Waals surface area contributed by atoms with Crippen LogP contribution in [0.5, 0.6) is 0 Å². The summed E-state index contributed by atoms with van der Waals surface area (Å²) in [5, 5.41) is 2.78. The zero-order chi connectivity index (χ0) is 12.5. The first-order chi connectivity index (χ1) is 8.75. The highest BCUT2D eigenvalue weighted by atomic mass is 16.2. The van der Waals surface area contributed by atoms with Gasteiger partial charge in [0, 0.05) is 13.2 Å². The van der Waals surface area contributed by atoms with Crippen molar-refractivity contribution in [1.82, 2.24) is 14.5 Å². The number of aromatic nitrogens is 3. The van der Waals surface area contributed by atoms with Crippen LogP contribution >= 0.6 is 0 Å². The van der Waals surface area contributed by atoms with E-state index in [4.69, 9.17) is 0 Å². The Hall–Kier alpha value is -2.56. The standard InChI is InChI=1S/C13H12N4O/c1-17-11-7-3-2-5-9(11)15-13(17)16-12(18)10-6-4-8-14-10/h2-8,14H,1H3,(H,15,16,18). The van der Waals surface area contributed by atoms with Gasteiger partial charge in [-0.25, -0.2) is 4.98 Å². The second-order valence-corrected chi connectivity index (χ2v) is 4.02. The van der Waals surface area contributed by atoms with Gasteiger partial charge in [0.05, 0.1) is 11.0 Å². The molecule has 0 unspecified atom stereocenters. The molecule has 0 aliphatic carbocycles. The molecule has 90 valence electrons. The molecule has 0 saturated heterocycles. The lowest BCUT2D eigenvalue weighted by atomic mass is 10.3. The van der Waals surface area contributed by atoms with E-state index in [1.807, 2.05) is 35.9 Å². The first-order valence-electron chi connectivity index (χ1n) is 5.62. The van der Waals surface area contributed by atoms with Crippen molar-refractivity contribution in [3.63, 3.8) is 0 Å². The SMILES string of the molecule is Cn1c(NC(=O)c2ccc[nH]2)nc2ccccc21. The first-order valence-corrected chi connectivity index (χ1v) is 5.62. The van der Waals surface area contributed by atoms with Gasteiger partial charge in [-0.15, -0.1) is 0 Å². The number of hydrogen-bond donors (Lipinski definition) is 2. The maximum Gasteiger partial charge on any atom is 0.274 e. The van der Waals surface area contributed by atoms with Crippen molar-refractivity contribution in [2.24, 2.45) is 7.05 Å². The van der Waals surface area contributed by atoms with Crippen molar-refractivity contribution in [2.75, 3.05) is 5.32 Å². The van der Waals surface area contributed by atoms with Gasteiger partial charge in [0.2, 0.25) is 5.95 Å². The van der Waals surface area contributed by atoms with Gasteiger partial charge in [-0.3, -0.25) is 10.1 Å². The normalized spacial score (nSPS) is 10.7. The van der Waals surface area contributed by atoms with Crippen LogP contribution in [-0.4, -0.2) is 20.4 Å². The molecular weight excluding hydrogens is 228 g/mol. The minimum absolute atomic E-state index is 0.196. The minimum atomic E-state index is -0.196. The van der Waals surface area contributed by atoms with Crippen molar-refractivity contribution in [3.05, 3.63) is 48.3 Å². The van der Waals surface area contributed by atoms with E-state index >= 15 is 0 Å². The molecule has 1 aromatic carbocycles. The molecule has 0 bridgehead atoms. The fourth-order valence-corrected chi connectivity index (χ4v) is 1.90. The number of carbonyl (C=O) groups excluding carboxylic acids is 1. The summed E-state index contributed by atoms with van der Waals surface area (Å²) in [5.74, 6) is 0.342. The van der Waals surface area contributed by atoms with E-state index in [2.05, 4.69) is 15.3 Å². The Balaban J connectivity index is 1.96. The lowest BCUT2D eigenvalue weighted by Gasteiger charge is -2.03. The third-order valence-electron chi connectivity index (χ3n) is 2.86. The Morgan fingerprint density at radius 1 is 1.28 bits per heavy atom. The number of rotatable bonds is 2. The Morgan fingerprint density at radius 3 is 2.83 bits per heavy atom. The van der Waals surface area contributed by atoms with Gasteiger partial charge in [-0.1, -0.05) is 12.1 Å². The molecule has 5 nitrogen and oxygen atoms in total. The molecule has 2 heterocycles. The Kier molecular flexibility index (Phi) is 2.37. The fourth-order valence-electron chi connectivity index (χ4n) is 1.90. The molecule has 3 rings (SSSR count). The van der Waals surface area contributed by atoms with Crippen LogP contribution in [0.15, 0.2) is 42.6 Å². The zero-order valence-electron chi connectivity index (χ0n) is 9.84. The van der Waals surface area contributed by atoms with Gasteiger partial charge in [0.15, 0.2) is 0 Å². The lowest BCUT2D eigenvalue weighted by Crippen LogP contribution is -2.15. The van der Waals surface area contributed by atoms with Crippen LogP contribution in [0.2, 0.25) is 0 Å². The molecule has 0 radical (unpaired) electrons. The summed E-state index contributed by atoms with van der Waals surface area (Å²) in [4.78, 5) is 19.1. The van der Waals surface area contributed by atoms with Gasteiger partial charge >= 0.3 is 0 Å². The molecule has 5 heteroatoms. The maximum atomic E-state index is 11.9. The van der Waals surface area contributed by atoms with E-state index in [1.54, 1.807) is 18.3 Å². The van der Waals surface area contributed by atoms with Crippen molar-refractivity contribution in [1.29, 1.82) is 0 Å². The third kappa shape index (κ3) is 1.66. The molecule has 0 atom stereocenters. The molecule has 2 N–H and O–H groups in total. The predicted octanol–water partition coefficient (Wildman–Crippen LogP) is 2.15. The zero-order valence-corrected chi connectivity index (χ0v) is 9.84. The number of benzene rings is 1. The van der Waals surface area contributed by atoms with E-state index in [-0.39, 0.29) is 5.91 Å². The van der Waals surface area contributed by atoms with Gasteiger partial charge in [-0.05, 0) is 24.3 Å². The van der Waals surface area contributed by atoms with Crippen LogP contribution in [0.3, 0.4) is 0 Å². The van der Waals surface area contributed by atoms with E-state index in [0.717, 1.165) is 11.0 Å². The topological polar surface area (TPSA) is 62.7 Å². The second kappa shape index (κ2) is 4.03. The summed E-state index contributed by atoms with van der Waals surface area (Å²) in [6, 6.07) is 11.3. The van der Waals surface area contributed by atoms with Gasteiger partial charge in [0.25, 0.3) is 5.91 Å². The van der Waals surface area contributed by atoms with Gasteiger partial charge in [-0.2, -0.15) is 0 Å². The largest absolute Gasteiger partial charge is 0.357 e. The number of H-pyrrole nitrogens is 1. The summed E-state index contributed by atoms with van der Waals surface area (Å²) < 4.78 is 1.86. The Bertz CT molecular complexity index is 697. The van der Waals surface area contributed by atoms with Crippen LogP contribution < -0.4 is 5.32 Å². The summed E-state index contributed by atoms with van der Waals surface area (Å²) >= 11 is 0. The van der Waals surface area contributed by atoms with Crippen LogP contribution in [0.1, 0.15) is 10.5 Å². The molecule has 0 aliphatic heterocycles. The van der Waals surface area contributed by atoms with E-state index in [9.17, 15) is 4.79 Å². The predicted molar refractivity (Wildman–Crippen MR) is 69.5 cm³/mol. The van der Waals surface area contributed by atoms with Crippen LogP contribution in [0.25, 0.3) is 11.0 Å². The van der Waals surface area contributed by atoms with E-state index in [1.165, 1.54) is 0 Å². The monoisotopic (exact) mass is 240 g/mol. The number of nitrogens with one attached hydrogen (secondary N) is 2. The number of hydrogen-bond acceptors (Lipinski definition) is 2. The van der Waals surface area contributed by atoms with Crippen LogP contribution in [-0.2, 0) is 7.05 Å². The summed E-state index contributed by atoms with van der Waals surface area (Å²) in [6.07, 6.45) is 1.71. The Labute approximate surface area is 103 Å². The number of nitrogens with zero attached hydrogens (tertiary/aromatic N) is 2. The van der Waals surface area contributed by atoms with Crippen molar-refractivity contribution < 1.29 is 4.79 Å². The lowest BCUT2D eigenvalue weighted by molar-refractivity contribution is 0.102. The first kappa shape index (κ1) is 10.6. The third-order valence-corrected chi connectivity index (χ3v) is 2.86. The smallest absolute Gasteiger partial charge is 0.274 e. The average molecular weight is 240 g/mol. The van der Waals surface area contributed by atoms with Gasteiger partial charge in [0.1, 0.15) is 5.69 Å². The molecule has 0 fully saturated rings. The number of aromatic amines is 1. The number of imidazole rings is 1. The number of carbonyl (C=O) groups is 1. The molecule has 18 heavy (non-hydrogen) atoms. The van der Waals surface area contributed by atoms with E-state index < -0.39 is 0 Å². The number of fused-ring (bicyclic) bond motifs is 1. The number of aryl methyl sites for hydroxylation is 1. The van der Waals surface area contributed by atoms with Gasteiger partial charge < -0.3 is 9.55 Å². The molecular formula is C13H12N4O. The second-order valence-electron chi connectivity index (χ2n) is 4.02. The number of amides is 1. The molecule has 1 amide bonds. The Morgan fingerprint density at radius 2 is 2.11 bits per heavy atom. The minimum Gasteiger partial charge on any atom is -0.357 e. The van der Waals surface area contributed by atoms with Crippen LogP contribution in [0, 0.1) is 0 Å². The summed E-state index contributed by atoms with van der Waals surface area (Å²) in [6.45, 7) is 0. The molecule has 2 aromatic heterocycles. The molecule has 0 aliphatic rings. The highest BCUT2D eigenvalue weighted by Crippen LogP contribution is 2.17. The summed E-state index contributed by atoms with van der Waals surface area (Å²) in [7, 11) is 1.87. The van der Waals surface area contributed by atoms with Crippen molar-refractivity contribution in [2.45, 2.75) is 0 Å². The highest BCUT2D eigenvalue weighted by molar-refractivity contribution is 6.02. The molecule has 3 aromatic rings. The average Bonchev–Trinajstić information content (AvgIpc) is 3.00. The highest BCUT2D eigenvalue weighted by Gasteiger charge is 2.12. The van der Waals surface area contributed by atoms with Crippen LogP contribution in [0.4, 0.5) is 5.95 Å². The van der Waals surface area contributed by atoms with Crippen molar-refractivity contribution in [3.8, 4) is 0 Å². The number of para-hydroxylation sites is 2. The maximum absolute atomic E-state index is 11.9. The van der Waals surface area contributed by atoms with E-state index in [0.29, 0.717) is 11.6 Å². The number of anilines is 1. The molecule has 0 saturated carbocycles. The molecule has 0 spiro atoms. The van der Waals surface area contributed by atoms with Crippen molar-refractivity contribution >= 4 is 22.9 Å². The summed E-state index contributed by atoms with van der Waals surface area (Å²) in [5.41, 5.74) is 2.36. The fraction of sp³-hybridized carbons (Fsp3) is 0.0769.